The summed E-state index contributed by atoms with van der Waals surface area (Å²) in [5.74, 6) is 0.809. The standard InChI is InChI=1S/C15H26N4OS.HI/c1-5-16-14(19-15(2,3)4)18-10-7-9-17-13(20)12-8-6-11-21-12;/h6,8,11H,5,7,9-10H2,1-4H3,(H,17,20)(H2,16,18,19);1H. The molecule has 0 radical (unpaired) electrons. The van der Waals surface area contributed by atoms with Crippen molar-refractivity contribution in [2.45, 2.75) is 39.7 Å². The molecule has 1 rings (SSSR count). The van der Waals surface area contributed by atoms with Crippen LogP contribution in [0.1, 0.15) is 43.8 Å². The summed E-state index contributed by atoms with van der Waals surface area (Å²) in [6.07, 6.45) is 0.817. The molecule has 7 heteroatoms. The molecule has 0 atom stereocenters. The molecule has 1 heterocycles. The van der Waals surface area contributed by atoms with E-state index in [0.717, 1.165) is 23.8 Å². The predicted molar refractivity (Wildman–Crippen MR) is 106 cm³/mol. The fourth-order valence-corrected chi connectivity index (χ4v) is 2.27. The van der Waals surface area contributed by atoms with Gasteiger partial charge >= 0.3 is 0 Å². The highest BCUT2D eigenvalue weighted by Gasteiger charge is 2.11. The Morgan fingerprint density at radius 3 is 2.59 bits per heavy atom. The Bertz CT molecular complexity index is 455. The number of nitrogens with zero attached hydrogens (tertiary/aromatic N) is 1. The van der Waals surface area contributed by atoms with Crippen molar-refractivity contribution in [3.05, 3.63) is 22.4 Å². The number of carbonyl (C=O) groups is 1. The molecule has 126 valence electrons. The van der Waals surface area contributed by atoms with E-state index in [4.69, 9.17) is 0 Å². The number of rotatable bonds is 6. The van der Waals surface area contributed by atoms with Crippen LogP contribution in [0, 0.1) is 0 Å². The number of amides is 1. The molecule has 1 aromatic rings. The second-order valence-electron chi connectivity index (χ2n) is 5.72. The minimum Gasteiger partial charge on any atom is -0.357 e. The van der Waals surface area contributed by atoms with Crippen molar-refractivity contribution >= 4 is 47.2 Å². The van der Waals surface area contributed by atoms with E-state index in [1.54, 1.807) is 0 Å². The Hall–Kier alpha value is -0.830. The van der Waals surface area contributed by atoms with Crippen molar-refractivity contribution in [1.82, 2.24) is 16.0 Å². The smallest absolute Gasteiger partial charge is 0.261 e. The Labute approximate surface area is 154 Å². The van der Waals surface area contributed by atoms with E-state index in [1.165, 1.54) is 11.3 Å². The average molecular weight is 438 g/mol. The van der Waals surface area contributed by atoms with Crippen LogP contribution in [0.3, 0.4) is 0 Å². The molecular weight excluding hydrogens is 411 g/mol. The van der Waals surface area contributed by atoms with Gasteiger partial charge in [-0.05, 0) is 45.6 Å². The number of carbonyl (C=O) groups excluding carboxylic acids is 1. The summed E-state index contributed by atoms with van der Waals surface area (Å²) in [5.41, 5.74) is -0.0195. The van der Waals surface area contributed by atoms with Gasteiger partial charge in [-0.3, -0.25) is 9.79 Å². The van der Waals surface area contributed by atoms with E-state index >= 15 is 0 Å². The minimum absolute atomic E-state index is 0. The number of hydrogen-bond acceptors (Lipinski definition) is 3. The lowest BCUT2D eigenvalue weighted by Gasteiger charge is -2.23. The van der Waals surface area contributed by atoms with Crippen LogP contribution >= 0.6 is 35.3 Å². The maximum Gasteiger partial charge on any atom is 0.261 e. The van der Waals surface area contributed by atoms with Crippen LogP contribution in [0.4, 0.5) is 0 Å². The van der Waals surface area contributed by atoms with Gasteiger partial charge < -0.3 is 16.0 Å². The fourth-order valence-electron chi connectivity index (χ4n) is 1.63. The normalized spacial score (nSPS) is 11.5. The van der Waals surface area contributed by atoms with Crippen molar-refractivity contribution in [1.29, 1.82) is 0 Å². The van der Waals surface area contributed by atoms with Gasteiger partial charge in [0.05, 0.1) is 4.88 Å². The molecule has 22 heavy (non-hydrogen) atoms. The molecule has 0 aliphatic rings. The quantitative estimate of drug-likeness (QED) is 0.277. The van der Waals surface area contributed by atoms with Gasteiger partial charge in [-0.25, -0.2) is 0 Å². The lowest BCUT2D eigenvalue weighted by Crippen LogP contribution is -2.47. The second-order valence-corrected chi connectivity index (χ2v) is 6.67. The highest BCUT2D eigenvalue weighted by atomic mass is 127. The molecular formula is C15H27IN4OS. The van der Waals surface area contributed by atoms with Gasteiger partial charge in [0.2, 0.25) is 0 Å². The summed E-state index contributed by atoms with van der Waals surface area (Å²) in [7, 11) is 0. The zero-order valence-corrected chi connectivity index (χ0v) is 16.9. The molecule has 0 aliphatic heterocycles. The van der Waals surface area contributed by atoms with Crippen LogP contribution in [0.2, 0.25) is 0 Å². The lowest BCUT2D eigenvalue weighted by atomic mass is 10.1. The summed E-state index contributed by atoms with van der Waals surface area (Å²) >= 11 is 1.45. The largest absolute Gasteiger partial charge is 0.357 e. The van der Waals surface area contributed by atoms with E-state index in [2.05, 4.69) is 41.7 Å². The fraction of sp³-hybridized carbons (Fsp3) is 0.600. The van der Waals surface area contributed by atoms with Crippen LogP contribution in [-0.2, 0) is 0 Å². The summed E-state index contributed by atoms with van der Waals surface area (Å²) in [5, 5.41) is 11.4. The molecule has 0 aliphatic carbocycles. The van der Waals surface area contributed by atoms with Gasteiger partial charge in [-0.2, -0.15) is 0 Å². The predicted octanol–water partition coefficient (Wildman–Crippen LogP) is 2.84. The molecule has 0 fully saturated rings. The first kappa shape index (κ1) is 21.2. The van der Waals surface area contributed by atoms with Crippen molar-refractivity contribution in [2.75, 3.05) is 19.6 Å². The van der Waals surface area contributed by atoms with Gasteiger partial charge in [0, 0.05) is 25.2 Å². The van der Waals surface area contributed by atoms with Crippen molar-refractivity contribution in [3.8, 4) is 0 Å². The van der Waals surface area contributed by atoms with E-state index < -0.39 is 0 Å². The summed E-state index contributed by atoms with van der Waals surface area (Å²) < 4.78 is 0. The third-order valence-electron chi connectivity index (χ3n) is 2.47. The number of guanidine groups is 1. The van der Waals surface area contributed by atoms with Crippen LogP contribution in [-0.4, -0.2) is 37.0 Å². The van der Waals surface area contributed by atoms with Crippen LogP contribution < -0.4 is 16.0 Å². The SMILES string of the molecule is CCNC(=NCCCNC(=O)c1cccs1)NC(C)(C)C.I. The van der Waals surface area contributed by atoms with Crippen molar-refractivity contribution < 1.29 is 4.79 Å². The molecule has 0 aromatic carbocycles. The Morgan fingerprint density at radius 2 is 2.05 bits per heavy atom. The minimum atomic E-state index is -0.0195. The second kappa shape index (κ2) is 10.8. The number of hydrogen-bond donors (Lipinski definition) is 3. The Kier molecular flexibility index (Phi) is 10.4. The topological polar surface area (TPSA) is 65.5 Å². The average Bonchev–Trinajstić information content (AvgIpc) is 2.90. The molecule has 0 unspecified atom stereocenters. The van der Waals surface area contributed by atoms with E-state index in [-0.39, 0.29) is 35.4 Å². The summed E-state index contributed by atoms with van der Waals surface area (Å²) in [6, 6.07) is 3.71. The van der Waals surface area contributed by atoms with Crippen molar-refractivity contribution in [2.24, 2.45) is 4.99 Å². The summed E-state index contributed by atoms with van der Waals surface area (Å²) in [4.78, 5) is 17.0. The van der Waals surface area contributed by atoms with Crippen LogP contribution in [0.5, 0.6) is 0 Å². The molecule has 0 spiro atoms. The lowest BCUT2D eigenvalue weighted by molar-refractivity contribution is 0.0957. The maximum atomic E-state index is 11.7. The first-order valence-electron chi connectivity index (χ1n) is 7.30. The molecule has 1 aromatic heterocycles. The first-order valence-corrected chi connectivity index (χ1v) is 8.18. The van der Waals surface area contributed by atoms with Gasteiger partial charge in [0.1, 0.15) is 0 Å². The van der Waals surface area contributed by atoms with E-state index in [1.807, 2.05) is 24.4 Å². The monoisotopic (exact) mass is 438 g/mol. The molecule has 0 saturated heterocycles. The van der Waals surface area contributed by atoms with E-state index in [9.17, 15) is 4.79 Å². The van der Waals surface area contributed by atoms with E-state index in [0.29, 0.717) is 13.1 Å². The molecule has 0 saturated carbocycles. The molecule has 5 nitrogen and oxygen atoms in total. The zero-order valence-electron chi connectivity index (χ0n) is 13.7. The van der Waals surface area contributed by atoms with Crippen LogP contribution in [0.15, 0.2) is 22.5 Å². The van der Waals surface area contributed by atoms with Gasteiger partial charge in [0.25, 0.3) is 5.91 Å². The Morgan fingerprint density at radius 1 is 1.32 bits per heavy atom. The first-order chi connectivity index (χ1) is 9.92. The maximum absolute atomic E-state index is 11.7. The van der Waals surface area contributed by atoms with Crippen molar-refractivity contribution in [3.63, 3.8) is 0 Å². The molecule has 3 N–H and O–H groups in total. The van der Waals surface area contributed by atoms with Gasteiger partial charge in [-0.15, -0.1) is 35.3 Å². The Balaban J connectivity index is 0.00000441. The highest BCUT2D eigenvalue weighted by molar-refractivity contribution is 14.0. The van der Waals surface area contributed by atoms with Crippen LogP contribution in [0.25, 0.3) is 0 Å². The number of thiophene rings is 1. The zero-order chi connectivity index (χ0) is 15.7. The number of nitrogens with one attached hydrogen (secondary N) is 3. The molecule has 0 bridgehead atoms. The van der Waals surface area contributed by atoms with Gasteiger partial charge in [0.15, 0.2) is 5.96 Å². The number of aliphatic imine (C=N–C) groups is 1. The highest BCUT2D eigenvalue weighted by Crippen LogP contribution is 2.07. The van der Waals surface area contributed by atoms with Gasteiger partial charge in [-0.1, -0.05) is 6.07 Å². The number of halogens is 1. The molecule has 1 amide bonds. The summed E-state index contributed by atoms with van der Waals surface area (Å²) in [6.45, 7) is 10.5. The third kappa shape index (κ3) is 9.24. The third-order valence-corrected chi connectivity index (χ3v) is 3.34.